The van der Waals surface area contributed by atoms with Crippen LogP contribution in [0.1, 0.15) is 152 Å². The van der Waals surface area contributed by atoms with Gasteiger partial charge in [-0.15, -0.1) is 0 Å². The van der Waals surface area contributed by atoms with E-state index in [0.717, 1.165) is 47.8 Å². The lowest BCUT2D eigenvalue weighted by molar-refractivity contribution is -0.315. The molecule has 6 N–H and O–H groups in total. The molecular weight excluding hydrogens is 1100 g/mol. The minimum absolute atomic E-state index is 0.0823. The number of unbranched alkanes of at least 4 members (excludes halogenated alkanes) is 1. The molecule has 22 nitrogen and oxygen atoms in total. The number of ether oxygens (including phenoxy) is 6. The number of nitriles is 1. The van der Waals surface area contributed by atoms with Crippen molar-refractivity contribution in [2.45, 2.75) is 236 Å². The molecule has 4 aliphatic rings. The second kappa shape index (κ2) is 27.9. The Kier molecular flexibility index (Phi) is 21.7. The Labute approximate surface area is 507 Å². The first-order valence-corrected chi connectivity index (χ1v) is 31.2. The lowest BCUT2D eigenvalue weighted by Gasteiger charge is -2.49. The largest absolute Gasteiger partial charge is 0.459 e. The summed E-state index contributed by atoms with van der Waals surface area (Å²) >= 11 is 0. The molecule has 3 aliphatic heterocycles. The Balaban J connectivity index is 0.998. The zero-order valence-corrected chi connectivity index (χ0v) is 53.1. The number of nitrogens with zero attached hydrogens (tertiary/aromatic N) is 7. The van der Waals surface area contributed by atoms with Crippen LogP contribution in [-0.2, 0) is 38.0 Å². The van der Waals surface area contributed by atoms with E-state index < -0.39 is 114 Å². The lowest BCUT2D eigenvalue weighted by atomic mass is 9.77. The molecule has 4 aromatic heterocycles. The van der Waals surface area contributed by atoms with Crippen LogP contribution in [0.5, 0.6) is 0 Å². The fourth-order valence-electron chi connectivity index (χ4n) is 14.2. The van der Waals surface area contributed by atoms with Gasteiger partial charge in [0.25, 0.3) is 5.91 Å². The standard InChI is InChI=1S/C64H98N8O14/c1-15-49-64(10,79)54(74)40(6)71(13)35-36(2)31-62(8,78)56(38(4)53(39(5)60(77)84-49)85-50-32-63(9,80-14)55(75)41(7)82-50)86-61-52(47(73)29-37(3)81-61)69(11)27-19-20-28-70(12)59(76)42(33-65)30-44-23-24-48(83-44)58-68-46-34-67-57-45(25-26-66-57)51(46)72(58)43-21-17-16-18-22-43/h23-26,30,34,36-41,43,47,49-50,52-56,61,73-75,78-79H,15-22,27-29,31-32,35H2,1-14H3,(H,66,67)/t36-,37-,38+,39-,40-,41+,47-,49-,50+,52+,53+,54-,55+,56-,61+,62-,63-,64-/m1/s1. The van der Waals surface area contributed by atoms with E-state index in [2.05, 4.69) is 20.6 Å². The van der Waals surface area contributed by atoms with E-state index >= 15 is 0 Å². The van der Waals surface area contributed by atoms with Crippen molar-refractivity contribution >= 4 is 40.0 Å². The maximum Gasteiger partial charge on any atom is 0.311 e. The predicted molar refractivity (Wildman–Crippen MR) is 323 cm³/mol. The smallest absolute Gasteiger partial charge is 0.311 e. The normalized spacial score (nSPS) is 36.2. The third-order valence-electron chi connectivity index (χ3n) is 19.3. The number of carbonyl (C=O) groups is 2. The zero-order valence-electron chi connectivity index (χ0n) is 53.1. The van der Waals surface area contributed by atoms with Crippen molar-refractivity contribution in [1.82, 2.24) is 34.2 Å². The third kappa shape index (κ3) is 14.4. The Morgan fingerprint density at radius 3 is 2.36 bits per heavy atom. The summed E-state index contributed by atoms with van der Waals surface area (Å²) in [5.41, 5.74) is -2.14. The number of furan rings is 1. The minimum Gasteiger partial charge on any atom is -0.459 e. The highest BCUT2D eigenvalue weighted by Crippen LogP contribution is 2.42. The number of esters is 1. The summed E-state index contributed by atoms with van der Waals surface area (Å²) in [6.45, 7) is 18.7. The fraction of sp³-hybridized carbons (Fsp3) is 0.734. The number of carbonyl (C=O) groups excluding carboxylic acids is 2. The first kappa shape index (κ1) is 67.1. The van der Waals surface area contributed by atoms with Crippen molar-refractivity contribution in [3.63, 3.8) is 0 Å². The van der Waals surface area contributed by atoms with Crippen LogP contribution in [0.3, 0.4) is 0 Å². The summed E-state index contributed by atoms with van der Waals surface area (Å²) in [5, 5.41) is 71.2. The highest BCUT2D eigenvalue weighted by Gasteiger charge is 2.53. The van der Waals surface area contributed by atoms with Crippen LogP contribution in [0.2, 0.25) is 0 Å². The Morgan fingerprint density at radius 2 is 1.67 bits per heavy atom. The number of cyclic esters (lactones) is 1. The minimum atomic E-state index is -1.86. The van der Waals surface area contributed by atoms with Gasteiger partial charge in [0.2, 0.25) is 0 Å². The van der Waals surface area contributed by atoms with E-state index in [4.69, 9.17) is 37.8 Å². The van der Waals surface area contributed by atoms with Gasteiger partial charge < -0.3 is 77.7 Å². The van der Waals surface area contributed by atoms with Gasteiger partial charge in [-0.3, -0.25) is 14.5 Å². The number of rotatable bonds is 16. The molecule has 8 rings (SSSR count). The third-order valence-corrected chi connectivity index (χ3v) is 19.3. The molecule has 86 heavy (non-hydrogen) atoms. The number of methoxy groups -OCH3 is 1. The molecule has 3 saturated heterocycles. The molecule has 4 aromatic rings. The molecule has 0 unspecified atom stereocenters. The van der Waals surface area contributed by atoms with E-state index in [0.29, 0.717) is 56.2 Å². The van der Waals surface area contributed by atoms with Crippen molar-refractivity contribution in [2.75, 3.05) is 47.9 Å². The number of amides is 1. The molecule has 0 radical (unpaired) electrons. The maximum atomic E-state index is 14.6. The van der Waals surface area contributed by atoms with Crippen molar-refractivity contribution < 1.29 is 68.0 Å². The summed E-state index contributed by atoms with van der Waals surface area (Å²) in [7, 11) is 6.86. The van der Waals surface area contributed by atoms with Crippen molar-refractivity contribution in [3.8, 4) is 17.7 Å². The molecule has 7 heterocycles. The van der Waals surface area contributed by atoms with Gasteiger partial charge in [-0.2, -0.15) is 5.26 Å². The highest BCUT2D eigenvalue weighted by molar-refractivity contribution is 6.03. The van der Waals surface area contributed by atoms with Gasteiger partial charge in [0.05, 0.1) is 65.4 Å². The number of pyridine rings is 1. The second-order valence-corrected chi connectivity index (χ2v) is 26.3. The Hall–Kier alpha value is -4.87. The molecule has 0 bridgehead atoms. The van der Waals surface area contributed by atoms with Crippen LogP contribution in [0.25, 0.3) is 39.7 Å². The van der Waals surface area contributed by atoms with Crippen LogP contribution in [0.15, 0.2) is 40.6 Å². The molecule has 4 fully saturated rings. The highest BCUT2D eigenvalue weighted by atomic mass is 16.7. The first-order chi connectivity index (χ1) is 40.6. The topological polar surface area (TPSA) is 284 Å². The number of aliphatic hydroxyl groups excluding tert-OH is 3. The van der Waals surface area contributed by atoms with Crippen LogP contribution in [-0.4, -0.2) is 210 Å². The van der Waals surface area contributed by atoms with Crippen LogP contribution in [0.4, 0.5) is 0 Å². The summed E-state index contributed by atoms with van der Waals surface area (Å²) in [5.74, 6) is -1.78. The summed E-state index contributed by atoms with van der Waals surface area (Å²) in [4.78, 5) is 46.8. The molecule has 0 spiro atoms. The van der Waals surface area contributed by atoms with Gasteiger partial charge in [-0.25, -0.2) is 9.97 Å². The average Bonchev–Trinajstić information content (AvgIpc) is 2.69. The second-order valence-electron chi connectivity index (χ2n) is 26.3. The molecule has 0 aromatic carbocycles. The van der Waals surface area contributed by atoms with Crippen molar-refractivity contribution in [3.05, 3.63) is 41.9 Å². The summed E-state index contributed by atoms with van der Waals surface area (Å²) in [6, 6.07) is 6.58. The molecular formula is C64H98N8O14. The molecule has 22 heteroatoms. The van der Waals surface area contributed by atoms with Gasteiger partial charge >= 0.3 is 5.97 Å². The molecule has 1 aliphatic carbocycles. The van der Waals surface area contributed by atoms with E-state index in [1.165, 1.54) is 31.4 Å². The lowest BCUT2D eigenvalue weighted by Crippen LogP contribution is -2.61. The number of likely N-dealkylation sites (N-methyl/N-ethyl adjacent to an activating group) is 3. The predicted octanol–water partition coefficient (Wildman–Crippen LogP) is 7.11. The summed E-state index contributed by atoms with van der Waals surface area (Å²) in [6.07, 6.45) is 2.51. The molecule has 478 valence electrons. The quantitative estimate of drug-likeness (QED) is 0.0282. The maximum absolute atomic E-state index is 14.6. The van der Waals surface area contributed by atoms with Crippen LogP contribution in [0, 0.1) is 29.1 Å². The zero-order chi connectivity index (χ0) is 62.7. The first-order valence-electron chi connectivity index (χ1n) is 31.2. The number of imidazole rings is 1. The van der Waals surface area contributed by atoms with E-state index in [1.807, 2.05) is 63.0 Å². The number of H-pyrrole nitrogens is 1. The van der Waals surface area contributed by atoms with Crippen molar-refractivity contribution in [2.24, 2.45) is 17.8 Å². The van der Waals surface area contributed by atoms with E-state index in [-0.39, 0.29) is 36.8 Å². The number of fused-ring (bicyclic) bond motifs is 3. The Bertz CT molecular complexity index is 2980. The van der Waals surface area contributed by atoms with Gasteiger partial charge in [0, 0.05) is 75.7 Å². The van der Waals surface area contributed by atoms with Gasteiger partial charge in [0.1, 0.15) is 52.5 Å². The fourth-order valence-corrected chi connectivity index (χ4v) is 14.2. The van der Waals surface area contributed by atoms with Crippen molar-refractivity contribution in [1.29, 1.82) is 5.26 Å². The molecule has 1 amide bonds. The molecule has 1 saturated carbocycles. The van der Waals surface area contributed by atoms with Gasteiger partial charge in [0.15, 0.2) is 24.2 Å². The van der Waals surface area contributed by atoms with Crippen LogP contribution >= 0.6 is 0 Å². The number of hydrogen-bond acceptors (Lipinski definition) is 19. The van der Waals surface area contributed by atoms with Crippen LogP contribution < -0.4 is 0 Å². The summed E-state index contributed by atoms with van der Waals surface area (Å²) < 4.78 is 47.6. The van der Waals surface area contributed by atoms with E-state index in [9.17, 15) is 40.4 Å². The van der Waals surface area contributed by atoms with Gasteiger partial charge in [-0.1, -0.05) is 40.0 Å². The SMILES string of the molecule is CC[C@H]1OC(=O)[C@H](C)[C@@H](O[C@H]2C[C@@](C)(OC)[C@@H](O)[C@H](C)O2)[C@H](C)[C@@H](O[C@@H]2O[C@H](C)C[C@@H](O)[C@@H]2N(C)CCCCN(C)C(=O)C(C#N)=Cc2ccc(-c3nc4cnc5[nH]ccc5c4n3C3CCCCC3)o2)[C@](C)(O)C[C@@H](C)CN(C)[C@H](C)[C@@H](O)[C@]1(C)O. The number of hydrogen-bond donors (Lipinski definition) is 6. The number of aromatic amines is 1. The number of aromatic nitrogens is 4. The number of nitrogens with one attached hydrogen (secondary N) is 1. The Morgan fingerprint density at radius 1 is 0.965 bits per heavy atom. The monoisotopic (exact) mass is 1200 g/mol. The average molecular weight is 1200 g/mol. The van der Waals surface area contributed by atoms with Gasteiger partial charge in [-0.05, 0) is 132 Å². The molecule has 18 atom stereocenters. The van der Waals surface area contributed by atoms with E-state index in [1.54, 1.807) is 60.9 Å². The number of aliphatic hydroxyl groups is 5.